The third-order valence-electron chi connectivity index (χ3n) is 5.08. The van der Waals surface area contributed by atoms with Gasteiger partial charge in [0.05, 0.1) is 11.3 Å². The van der Waals surface area contributed by atoms with Gasteiger partial charge in [0.25, 0.3) is 0 Å². The van der Waals surface area contributed by atoms with Crippen LogP contribution in [0.4, 0.5) is 0 Å². The van der Waals surface area contributed by atoms with Crippen LogP contribution in [-0.2, 0) is 4.74 Å². The molecule has 8 nitrogen and oxygen atoms in total. The van der Waals surface area contributed by atoms with Crippen molar-refractivity contribution in [3.8, 4) is 11.4 Å². The van der Waals surface area contributed by atoms with Gasteiger partial charge in [0.2, 0.25) is 5.78 Å². The number of hydrogen-bond donors (Lipinski definition) is 0. The summed E-state index contributed by atoms with van der Waals surface area (Å²) in [5, 5.41) is 11.0. The molecule has 0 fully saturated rings. The van der Waals surface area contributed by atoms with Gasteiger partial charge in [0, 0.05) is 22.6 Å². The highest BCUT2D eigenvalue weighted by molar-refractivity contribution is 6.03. The number of esters is 1. The predicted octanol–water partition coefficient (Wildman–Crippen LogP) is 3.50. The monoisotopic (exact) mass is 415 g/mol. The number of hydrogen-bond acceptors (Lipinski definition) is 6. The molecule has 0 aliphatic heterocycles. The Morgan fingerprint density at radius 2 is 1.68 bits per heavy atom. The third kappa shape index (κ3) is 3.87. The van der Waals surface area contributed by atoms with Crippen molar-refractivity contribution in [1.29, 1.82) is 0 Å². The Morgan fingerprint density at radius 1 is 0.968 bits per heavy atom. The standard InChI is InChI=1S/C23H21N5O3/c1-15-13-20(16(2)28(15)18-9-5-4-6-10-18)22(29)17(3)31-23(30)19-11-7-8-12-21(19)27-14-24-25-26-27/h4-14,17H,1-3H3/t17-/m0/s1. The second-order valence-corrected chi connectivity index (χ2v) is 7.14. The lowest BCUT2D eigenvalue weighted by Gasteiger charge is -2.14. The van der Waals surface area contributed by atoms with E-state index in [4.69, 9.17) is 4.74 Å². The van der Waals surface area contributed by atoms with Gasteiger partial charge < -0.3 is 9.30 Å². The predicted molar refractivity (Wildman–Crippen MR) is 114 cm³/mol. The summed E-state index contributed by atoms with van der Waals surface area (Å²) in [6, 6.07) is 18.4. The van der Waals surface area contributed by atoms with Crippen molar-refractivity contribution in [3.05, 3.63) is 89.5 Å². The molecule has 31 heavy (non-hydrogen) atoms. The van der Waals surface area contributed by atoms with Crippen LogP contribution in [0.3, 0.4) is 0 Å². The van der Waals surface area contributed by atoms with E-state index in [1.807, 2.05) is 54.8 Å². The van der Waals surface area contributed by atoms with Gasteiger partial charge in [-0.1, -0.05) is 30.3 Å². The van der Waals surface area contributed by atoms with Crippen LogP contribution in [0.15, 0.2) is 67.0 Å². The molecule has 4 aromatic rings. The second-order valence-electron chi connectivity index (χ2n) is 7.14. The molecule has 2 heterocycles. The molecule has 0 bridgehead atoms. The average molecular weight is 415 g/mol. The minimum Gasteiger partial charge on any atom is -0.451 e. The lowest BCUT2D eigenvalue weighted by molar-refractivity contribution is 0.0318. The molecule has 0 amide bonds. The number of Topliss-reactive ketones (excluding diaryl/α,β-unsaturated/α-hetero) is 1. The van der Waals surface area contributed by atoms with E-state index in [-0.39, 0.29) is 11.3 Å². The van der Waals surface area contributed by atoms with Gasteiger partial charge in [0.1, 0.15) is 6.33 Å². The van der Waals surface area contributed by atoms with E-state index in [2.05, 4.69) is 15.5 Å². The zero-order valence-corrected chi connectivity index (χ0v) is 17.4. The molecule has 0 radical (unpaired) electrons. The summed E-state index contributed by atoms with van der Waals surface area (Å²) in [5.74, 6) is -0.882. The van der Waals surface area contributed by atoms with Gasteiger partial charge in [-0.25, -0.2) is 4.79 Å². The van der Waals surface area contributed by atoms with Crippen LogP contribution in [0.5, 0.6) is 0 Å². The molecule has 0 saturated heterocycles. The first kappa shape index (κ1) is 20.2. The van der Waals surface area contributed by atoms with Crippen molar-refractivity contribution >= 4 is 11.8 Å². The molecule has 1 atom stereocenters. The number of nitrogens with zero attached hydrogens (tertiary/aromatic N) is 5. The molecule has 0 aliphatic rings. The topological polar surface area (TPSA) is 91.9 Å². The smallest absolute Gasteiger partial charge is 0.341 e. The lowest BCUT2D eigenvalue weighted by atomic mass is 10.1. The first-order valence-electron chi connectivity index (χ1n) is 9.79. The molecule has 4 rings (SSSR count). The van der Waals surface area contributed by atoms with E-state index in [0.29, 0.717) is 11.3 Å². The number of ketones is 1. The van der Waals surface area contributed by atoms with E-state index in [0.717, 1.165) is 17.1 Å². The van der Waals surface area contributed by atoms with Crippen molar-refractivity contribution in [2.75, 3.05) is 0 Å². The molecule has 2 aromatic heterocycles. The fourth-order valence-corrected chi connectivity index (χ4v) is 3.60. The van der Waals surface area contributed by atoms with Crippen molar-refractivity contribution in [3.63, 3.8) is 0 Å². The normalized spacial score (nSPS) is 11.8. The summed E-state index contributed by atoms with van der Waals surface area (Å²) >= 11 is 0. The zero-order valence-electron chi connectivity index (χ0n) is 17.4. The average Bonchev–Trinajstić information content (AvgIpc) is 3.42. The zero-order chi connectivity index (χ0) is 22.0. The fourth-order valence-electron chi connectivity index (χ4n) is 3.60. The van der Waals surface area contributed by atoms with Gasteiger partial charge in [0.15, 0.2) is 6.10 Å². The Hall–Kier alpha value is -4.07. The highest BCUT2D eigenvalue weighted by Crippen LogP contribution is 2.23. The quantitative estimate of drug-likeness (QED) is 0.354. The van der Waals surface area contributed by atoms with Crippen LogP contribution in [-0.4, -0.2) is 42.6 Å². The van der Waals surface area contributed by atoms with Gasteiger partial charge in [-0.2, -0.15) is 4.68 Å². The van der Waals surface area contributed by atoms with E-state index < -0.39 is 12.1 Å². The maximum absolute atomic E-state index is 13.1. The fraction of sp³-hybridized carbons (Fsp3) is 0.174. The molecule has 0 unspecified atom stereocenters. The Balaban J connectivity index is 1.58. The molecule has 8 heteroatoms. The van der Waals surface area contributed by atoms with Crippen LogP contribution in [0.1, 0.15) is 39.0 Å². The number of aryl methyl sites for hydroxylation is 1. The molecular weight excluding hydrogens is 394 g/mol. The molecular formula is C23H21N5O3. The summed E-state index contributed by atoms with van der Waals surface area (Å²) < 4.78 is 8.90. The Kier molecular flexibility index (Phi) is 5.44. The van der Waals surface area contributed by atoms with Crippen LogP contribution in [0.2, 0.25) is 0 Å². The molecule has 0 spiro atoms. The highest BCUT2D eigenvalue weighted by Gasteiger charge is 2.26. The Bertz CT molecular complexity index is 1230. The summed E-state index contributed by atoms with van der Waals surface area (Å²) in [4.78, 5) is 25.9. The maximum atomic E-state index is 13.1. The van der Waals surface area contributed by atoms with Crippen molar-refractivity contribution in [1.82, 2.24) is 24.8 Å². The Labute approximate surface area is 179 Å². The van der Waals surface area contributed by atoms with Gasteiger partial charge in [-0.05, 0) is 61.5 Å². The number of carbonyl (C=O) groups excluding carboxylic acids is 2. The summed E-state index contributed by atoms with van der Waals surface area (Å²) in [7, 11) is 0. The first-order valence-corrected chi connectivity index (χ1v) is 9.79. The number of aromatic nitrogens is 5. The third-order valence-corrected chi connectivity index (χ3v) is 5.08. The van der Waals surface area contributed by atoms with Gasteiger partial charge in [-0.3, -0.25) is 4.79 Å². The van der Waals surface area contributed by atoms with Crippen LogP contribution in [0, 0.1) is 13.8 Å². The van der Waals surface area contributed by atoms with Crippen molar-refractivity contribution in [2.24, 2.45) is 0 Å². The molecule has 0 saturated carbocycles. The van der Waals surface area contributed by atoms with Crippen molar-refractivity contribution in [2.45, 2.75) is 26.9 Å². The van der Waals surface area contributed by atoms with E-state index >= 15 is 0 Å². The highest BCUT2D eigenvalue weighted by atomic mass is 16.5. The molecule has 2 aromatic carbocycles. The molecule has 0 N–H and O–H groups in total. The number of para-hydroxylation sites is 2. The van der Waals surface area contributed by atoms with Gasteiger partial charge in [-0.15, -0.1) is 5.10 Å². The van der Waals surface area contributed by atoms with E-state index in [1.165, 1.54) is 11.0 Å². The summed E-state index contributed by atoms with van der Waals surface area (Å²) in [6.07, 6.45) is 0.429. The van der Waals surface area contributed by atoms with E-state index in [1.54, 1.807) is 31.2 Å². The maximum Gasteiger partial charge on any atom is 0.341 e. The minimum absolute atomic E-state index is 0.261. The number of carbonyl (C=O) groups is 2. The first-order chi connectivity index (χ1) is 15.0. The van der Waals surface area contributed by atoms with Crippen LogP contribution < -0.4 is 0 Å². The number of rotatable bonds is 6. The number of tetrazole rings is 1. The molecule has 156 valence electrons. The largest absolute Gasteiger partial charge is 0.451 e. The van der Waals surface area contributed by atoms with Crippen LogP contribution in [0.25, 0.3) is 11.4 Å². The van der Waals surface area contributed by atoms with Gasteiger partial charge >= 0.3 is 5.97 Å². The minimum atomic E-state index is -0.959. The van der Waals surface area contributed by atoms with Crippen LogP contribution >= 0.6 is 0 Å². The lowest BCUT2D eigenvalue weighted by Crippen LogP contribution is -2.25. The summed E-state index contributed by atoms with van der Waals surface area (Å²) in [5.41, 5.74) is 3.95. The number of ether oxygens (including phenoxy) is 1. The summed E-state index contributed by atoms with van der Waals surface area (Å²) in [6.45, 7) is 5.40. The Morgan fingerprint density at radius 3 is 2.39 bits per heavy atom. The number of benzene rings is 2. The van der Waals surface area contributed by atoms with E-state index in [9.17, 15) is 9.59 Å². The molecule has 0 aliphatic carbocycles. The SMILES string of the molecule is Cc1cc(C(=O)[C@H](C)OC(=O)c2ccccc2-n2cnnn2)c(C)n1-c1ccccc1. The van der Waals surface area contributed by atoms with Crippen molar-refractivity contribution < 1.29 is 14.3 Å². The second kappa shape index (κ2) is 8.35.